The lowest BCUT2D eigenvalue weighted by Gasteiger charge is -2.19. The van der Waals surface area contributed by atoms with E-state index in [0.717, 1.165) is 37.3 Å². The Hall–Kier alpha value is -3.53. The Bertz CT molecular complexity index is 1140. The maximum absolute atomic E-state index is 13.4. The number of ketones is 1. The van der Waals surface area contributed by atoms with Crippen LogP contribution >= 0.6 is 0 Å². The van der Waals surface area contributed by atoms with Gasteiger partial charge in [0.25, 0.3) is 0 Å². The molecule has 2 atom stereocenters. The van der Waals surface area contributed by atoms with Crippen molar-refractivity contribution in [2.75, 3.05) is 0 Å². The van der Waals surface area contributed by atoms with Crippen molar-refractivity contribution in [3.8, 4) is 0 Å². The Balaban J connectivity index is 1.33. The number of rotatable bonds is 12. The van der Waals surface area contributed by atoms with Gasteiger partial charge in [0.15, 0.2) is 0 Å². The third-order valence-corrected chi connectivity index (χ3v) is 6.76. The molecule has 2 N–H and O–H groups in total. The topological polar surface area (TPSA) is 41.1 Å². The molecular weight excluding hydrogens is 440 g/mol. The predicted octanol–water partition coefficient (Wildman–Crippen LogP) is 6.74. The molecule has 3 heteroatoms. The fourth-order valence-electron chi connectivity index (χ4n) is 4.54. The molecule has 0 saturated carbocycles. The zero-order chi connectivity index (χ0) is 25.2. The standard InChI is InChI=1S/C33H36N2O/c1-25(31-17-9-15-29(19-31)23-34-21-27-11-5-3-6-12-27)33(36)26(2)32-18-10-16-30(20-32)24-35-22-28-13-7-4-8-14-28/h3-20,25-26,34-35H,21-24H2,1-2H3. The molecular formula is C33H36N2O. The fraction of sp³-hybridized carbons (Fsp3) is 0.242. The van der Waals surface area contributed by atoms with Crippen LogP contribution in [0.25, 0.3) is 0 Å². The van der Waals surface area contributed by atoms with E-state index in [2.05, 4.69) is 108 Å². The molecule has 4 aromatic rings. The lowest BCUT2D eigenvalue weighted by Crippen LogP contribution is -2.18. The van der Waals surface area contributed by atoms with Crippen LogP contribution in [0, 0.1) is 0 Å². The molecule has 4 rings (SSSR count). The summed E-state index contributed by atoms with van der Waals surface area (Å²) in [6, 6.07) is 37.6. The lowest BCUT2D eigenvalue weighted by atomic mass is 9.85. The summed E-state index contributed by atoms with van der Waals surface area (Å²) in [4.78, 5) is 13.4. The monoisotopic (exact) mass is 476 g/mol. The van der Waals surface area contributed by atoms with E-state index in [1.165, 1.54) is 22.3 Å². The van der Waals surface area contributed by atoms with Gasteiger partial charge in [0, 0.05) is 38.0 Å². The second-order valence-corrected chi connectivity index (χ2v) is 9.51. The van der Waals surface area contributed by atoms with Crippen molar-refractivity contribution in [2.45, 2.75) is 51.9 Å². The van der Waals surface area contributed by atoms with Crippen molar-refractivity contribution in [1.29, 1.82) is 0 Å². The summed E-state index contributed by atoms with van der Waals surface area (Å²) in [5.41, 5.74) is 7.08. The molecule has 0 saturated heterocycles. The van der Waals surface area contributed by atoms with E-state index in [-0.39, 0.29) is 17.6 Å². The molecule has 0 aliphatic carbocycles. The molecule has 0 radical (unpaired) electrons. The molecule has 0 aromatic heterocycles. The van der Waals surface area contributed by atoms with Gasteiger partial charge in [0.2, 0.25) is 0 Å². The Morgan fingerprint density at radius 2 is 0.889 bits per heavy atom. The van der Waals surface area contributed by atoms with Gasteiger partial charge in [-0.2, -0.15) is 0 Å². The Labute approximate surface area is 215 Å². The number of nitrogens with one attached hydrogen (secondary N) is 2. The average Bonchev–Trinajstić information content (AvgIpc) is 2.93. The van der Waals surface area contributed by atoms with Crippen LogP contribution in [0.1, 0.15) is 59.1 Å². The van der Waals surface area contributed by atoms with Crippen LogP contribution in [0.15, 0.2) is 109 Å². The number of carbonyl (C=O) groups is 1. The molecule has 2 unspecified atom stereocenters. The molecule has 0 bridgehead atoms. The van der Waals surface area contributed by atoms with Gasteiger partial charge in [-0.1, -0.05) is 123 Å². The summed E-state index contributed by atoms with van der Waals surface area (Å²) in [5.74, 6) is -0.0679. The summed E-state index contributed by atoms with van der Waals surface area (Å²) in [6.07, 6.45) is 0. The van der Waals surface area contributed by atoms with E-state index >= 15 is 0 Å². The maximum atomic E-state index is 13.4. The first-order valence-corrected chi connectivity index (χ1v) is 12.8. The molecule has 0 heterocycles. The minimum Gasteiger partial charge on any atom is -0.309 e. The lowest BCUT2D eigenvalue weighted by molar-refractivity contribution is -0.121. The number of Topliss-reactive ketones (excluding diaryl/α,β-unsaturated/α-hetero) is 1. The quantitative estimate of drug-likeness (QED) is 0.238. The second kappa shape index (κ2) is 13.0. The molecule has 0 aliphatic heterocycles. The molecule has 36 heavy (non-hydrogen) atoms. The van der Waals surface area contributed by atoms with Crippen LogP contribution in [0.4, 0.5) is 0 Å². The number of carbonyl (C=O) groups excluding carboxylic acids is 1. The predicted molar refractivity (Wildman–Crippen MR) is 149 cm³/mol. The third kappa shape index (κ3) is 7.24. The van der Waals surface area contributed by atoms with Crippen molar-refractivity contribution in [1.82, 2.24) is 10.6 Å². The number of benzene rings is 4. The van der Waals surface area contributed by atoms with E-state index < -0.39 is 0 Å². The summed E-state index contributed by atoms with van der Waals surface area (Å²) in [6.45, 7) is 7.26. The van der Waals surface area contributed by atoms with Crippen LogP contribution in [0.2, 0.25) is 0 Å². The summed E-state index contributed by atoms with van der Waals surface area (Å²) in [5, 5.41) is 7.01. The van der Waals surface area contributed by atoms with Crippen LogP contribution in [0.3, 0.4) is 0 Å². The summed E-state index contributed by atoms with van der Waals surface area (Å²) in [7, 11) is 0. The molecule has 184 valence electrons. The van der Waals surface area contributed by atoms with Gasteiger partial charge in [-0.15, -0.1) is 0 Å². The first kappa shape index (κ1) is 25.6. The van der Waals surface area contributed by atoms with Crippen LogP contribution < -0.4 is 10.6 Å². The van der Waals surface area contributed by atoms with Gasteiger partial charge in [-0.05, 0) is 33.4 Å². The molecule has 3 nitrogen and oxygen atoms in total. The van der Waals surface area contributed by atoms with Crippen molar-refractivity contribution in [3.63, 3.8) is 0 Å². The third-order valence-electron chi connectivity index (χ3n) is 6.76. The van der Waals surface area contributed by atoms with Crippen molar-refractivity contribution in [3.05, 3.63) is 143 Å². The van der Waals surface area contributed by atoms with E-state index in [4.69, 9.17) is 0 Å². The van der Waals surface area contributed by atoms with Gasteiger partial charge < -0.3 is 10.6 Å². The van der Waals surface area contributed by atoms with Crippen LogP contribution in [-0.4, -0.2) is 5.78 Å². The van der Waals surface area contributed by atoms with Gasteiger partial charge in [-0.25, -0.2) is 0 Å². The Kier molecular flexibility index (Phi) is 9.21. The van der Waals surface area contributed by atoms with E-state index in [1.807, 2.05) is 26.0 Å². The Morgan fingerprint density at radius 3 is 1.31 bits per heavy atom. The largest absolute Gasteiger partial charge is 0.309 e. The average molecular weight is 477 g/mol. The zero-order valence-corrected chi connectivity index (χ0v) is 21.3. The highest BCUT2D eigenvalue weighted by atomic mass is 16.1. The molecule has 0 aliphatic rings. The molecule has 0 amide bonds. The summed E-state index contributed by atoms with van der Waals surface area (Å²) >= 11 is 0. The van der Waals surface area contributed by atoms with Crippen molar-refractivity contribution in [2.24, 2.45) is 0 Å². The van der Waals surface area contributed by atoms with Crippen molar-refractivity contribution < 1.29 is 4.79 Å². The van der Waals surface area contributed by atoms with Gasteiger partial charge >= 0.3 is 0 Å². The van der Waals surface area contributed by atoms with Gasteiger partial charge in [0.1, 0.15) is 5.78 Å². The molecule has 4 aromatic carbocycles. The van der Waals surface area contributed by atoms with Crippen LogP contribution in [0.5, 0.6) is 0 Å². The van der Waals surface area contributed by atoms with E-state index in [1.54, 1.807) is 0 Å². The van der Waals surface area contributed by atoms with Gasteiger partial charge in [0.05, 0.1) is 0 Å². The van der Waals surface area contributed by atoms with E-state index in [0.29, 0.717) is 0 Å². The molecule has 0 spiro atoms. The SMILES string of the molecule is CC(C(=O)C(C)c1cccc(CNCc2ccccc2)c1)c1cccc(CNCc2ccccc2)c1. The highest BCUT2D eigenvalue weighted by Crippen LogP contribution is 2.27. The van der Waals surface area contributed by atoms with Gasteiger partial charge in [-0.3, -0.25) is 4.79 Å². The number of hydrogen-bond acceptors (Lipinski definition) is 3. The fourth-order valence-corrected chi connectivity index (χ4v) is 4.54. The zero-order valence-electron chi connectivity index (χ0n) is 21.3. The maximum Gasteiger partial charge on any atom is 0.147 e. The van der Waals surface area contributed by atoms with E-state index in [9.17, 15) is 4.79 Å². The normalized spacial score (nSPS) is 12.7. The first-order chi connectivity index (χ1) is 17.6. The Morgan fingerprint density at radius 1 is 0.528 bits per heavy atom. The number of hydrogen-bond donors (Lipinski definition) is 2. The minimum atomic E-state index is -0.158. The van der Waals surface area contributed by atoms with Crippen LogP contribution in [-0.2, 0) is 31.0 Å². The minimum absolute atomic E-state index is 0.158. The van der Waals surface area contributed by atoms with Crippen molar-refractivity contribution >= 4 is 5.78 Å². The first-order valence-electron chi connectivity index (χ1n) is 12.8. The highest BCUT2D eigenvalue weighted by Gasteiger charge is 2.23. The molecule has 0 fully saturated rings. The highest BCUT2D eigenvalue weighted by molar-refractivity contribution is 5.91. The second-order valence-electron chi connectivity index (χ2n) is 9.51. The smallest absolute Gasteiger partial charge is 0.147 e. The summed E-state index contributed by atoms with van der Waals surface area (Å²) < 4.78 is 0.